The number of aromatic nitrogens is 2. The zero-order chi connectivity index (χ0) is 13.1. The van der Waals surface area contributed by atoms with E-state index in [1.54, 1.807) is 17.9 Å². The van der Waals surface area contributed by atoms with Gasteiger partial charge < -0.3 is 10.2 Å². The Morgan fingerprint density at radius 1 is 1.50 bits per heavy atom. The Kier molecular flexibility index (Phi) is 3.98. The average Bonchev–Trinajstić information content (AvgIpc) is 2.71. The molecule has 0 aliphatic carbocycles. The zero-order valence-electron chi connectivity index (χ0n) is 10.5. The Balaban J connectivity index is 2.00. The van der Waals surface area contributed by atoms with E-state index in [0.29, 0.717) is 12.5 Å². The Hall–Kier alpha value is -1.40. The van der Waals surface area contributed by atoms with Gasteiger partial charge in [0.15, 0.2) is 5.69 Å². The number of carboxylic acids is 1. The van der Waals surface area contributed by atoms with Crippen molar-refractivity contribution >= 4 is 5.97 Å². The highest BCUT2D eigenvalue weighted by atomic mass is 16.4. The van der Waals surface area contributed by atoms with Gasteiger partial charge in [-0.3, -0.25) is 9.58 Å². The second-order valence-corrected chi connectivity index (χ2v) is 4.88. The van der Waals surface area contributed by atoms with E-state index in [1.165, 1.54) is 0 Å². The molecule has 1 aliphatic rings. The van der Waals surface area contributed by atoms with Crippen molar-refractivity contribution in [2.75, 3.05) is 19.7 Å². The van der Waals surface area contributed by atoms with E-state index < -0.39 is 5.97 Å². The number of aliphatic hydroxyl groups is 1. The van der Waals surface area contributed by atoms with Gasteiger partial charge in [-0.25, -0.2) is 4.79 Å². The first kappa shape index (κ1) is 13.0. The van der Waals surface area contributed by atoms with Gasteiger partial charge in [0, 0.05) is 32.0 Å². The number of aryl methyl sites for hydroxylation is 1. The lowest BCUT2D eigenvalue weighted by molar-refractivity contribution is 0.0686. The number of carboxylic acid groups (broad SMARTS) is 1. The van der Waals surface area contributed by atoms with Gasteiger partial charge >= 0.3 is 5.97 Å². The molecular weight excluding hydrogens is 234 g/mol. The van der Waals surface area contributed by atoms with E-state index in [1.807, 2.05) is 0 Å². The molecule has 0 amide bonds. The third-order valence-corrected chi connectivity index (χ3v) is 3.47. The lowest BCUT2D eigenvalue weighted by atomic mass is 9.97. The van der Waals surface area contributed by atoms with Crippen molar-refractivity contribution in [1.82, 2.24) is 14.7 Å². The minimum Gasteiger partial charge on any atom is -0.476 e. The van der Waals surface area contributed by atoms with Gasteiger partial charge in [0.2, 0.25) is 0 Å². The van der Waals surface area contributed by atoms with Gasteiger partial charge in [-0.2, -0.15) is 5.10 Å². The molecule has 2 N–H and O–H groups in total. The topological polar surface area (TPSA) is 78.6 Å². The molecule has 0 unspecified atom stereocenters. The maximum Gasteiger partial charge on any atom is 0.356 e. The summed E-state index contributed by atoms with van der Waals surface area (Å²) in [6, 6.07) is 0. The minimum atomic E-state index is -0.976. The molecule has 0 bridgehead atoms. The molecule has 0 spiro atoms. The van der Waals surface area contributed by atoms with Gasteiger partial charge in [-0.1, -0.05) is 0 Å². The molecule has 1 aromatic heterocycles. The summed E-state index contributed by atoms with van der Waals surface area (Å²) in [5, 5.41) is 22.1. The van der Waals surface area contributed by atoms with E-state index in [-0.39, 0.29) is 12.3 Å². The Labute approximate surface area is 106 Å². The lowest BCUT2D eigenvalue weighted by Gasteiger charge is -2.30. The zero-order valence-corrected chi connectivity index (χ0v) is 10.5. The third kappa shape index (κ3) is 2.88. The molecule has 18 heavy (non-hydrogen) atoms. The van der Waals surface area contributed by atoms with Crippen LogP contribution in [0.3, 0.4) is 0 Å². The van der Waals surface area contributed by atoms with Crippen LogP contribution in [0, 0.1) is 5.92 Å². The Bertz CT molecular complexity index is 422. The fourth-order valence-corrected chi connectivity index (χ4v) is 2.40. The van der Waals surface area contributed by atoms with Crippen molar-refractivity contribution in [3.05, 3.63) is 17.5 Å². The van der Waals surface area contributed by atoms with Crippen molar-refractivity contribution < 1.29 is 15.0 Å². The van der Waals surface area contributed by atoms with Gasteiger partial charge in [-0.05, 0) is 31.8 Å². The summed E-state index contributed by atoms with van der Waals surface area (Å²) in [6.45, 7) is 2.67. The number of rotatable bonds is 4. The van der Waals surface area contributed by atoms with E-state index >= 15 is 0 Å². The normalized spacial score (nSPS) is 18.1. The van der Waals surface area contributed by atoms with Crippen LogP contribution in [-0.2, 0) is 13.6 Å². The van der Waals surface area contributed by atoms with E-state index in [4.69, 9.17) is 10.2 Å². The molecule has 0 aromatic carbocycles. The summed E-state index contributed by atoms with van der Waals surface area (Å²) in [7, 11) is 1.73. The second kappa shape index (κ2) is 5.49. The van der Waals surface area contributed by atoms with E-state index in [2.05, 4.69) is 10.00 Å². The first-order valence-electron chi connectivity index (χ1n) is 6.19. The molecule has 1 aliphatic heterocycles. The molecule has 2 heterocycles. The van der Waals surface area contributed by atoms with E-state index in [9.17, 15) is 4.79 Å². The molecule has 0 atom stereocenters. The summed E-state index contributed by atoms with van der Waals surface area (Å²) in [5.41, 5.74) is 0.897. The van der Waals surface area contributed by atoms with Crippen LogP contribution in [0.5, 0.6) is 0 Å². The quantitative estimate of drug-likeness (QED) is 0.808. The molecule has 0 saturated carbocycles. The summed E-state index contributed by atoms with van der Waals surface area (Å²) in [4.78, 5) is 13.3. The fourth-order valence-electron chi connectivity index (χ4n) is 2.40. The first-order valence-corrected chi connectivity index (χ1v) is 6.19. The maximum atomic E-state index is 11.0. The van der Waals surface area contributed by atoms with Gasteiger partial charge in [0.05, 0.1) is 0 Å². The van der Waals surface area contributed by atoms with Crippen LogP contribution >= 0.6 is 0 Å². The lowest BCUT2D eigenvalue weighted by Crippen LogP contribution is -2.34. The monoisotopic (exact) mass is 253 g/mol. The number of hydrogen-bond acceptors (Lipinski definition) is 4. The maximum absolute atomic E-state index is 11.0. The Morgan fingerprint density at radius 3 is 2.72 bits per heavy atom. The highest BCUT2D eigenvalue weighted by molar-refractivity contribution is 5.86. The first-order chi connectivity index (χ1) is 8.60. The number of nitrogens with zero attached hydrogens (tertiary/aromatic N) is 3. The fraction of sp³-hybridized carbons (Fsp3) is 0.667. The van der Waals surface area contributed by atoms with Crippen LogP contribution in [0.25, 0.3) is 0 Å². The van der Waals surface area contributed by atoms with Crippen molar-refractivity contribution in [3.8, 4) is 0 Å². The standard InChI is InChI=1S/C12H19N3O3/c1-14-6-10(11(13-14)12(17)18)7-15-4-2-9(8-16)3-5-15/h6,9,16H,2-5,7-8H2,1H3,(H,17,18). The van der Waals surface area contributed by atoms with Crippen LogP contribution in [0.1, 0.15) is 28.9 Å². The largest absolute Gasteiger partial charge is 0.476 e. The number of aromatic carboxylic acids is 1. The van der Waals surface area contributed by atoms with Crippen molar-refractivity contribution in [1.29, 1.82) is 0 Å². The van der Waals surface area contributed by atoms with Gasteiger partial charge in [-0.15, -0.1) is 0 Å². The predicted octanol–water partition coefficient (Wildman–Crippen LogP) is 0.323. The van der Waals surface area contributed by atoms with Crippen LogP contribution < -0.4 is 0 Å². The molecule has 0 radical (unpaired) electrons. The molecule has 100 valence electrons. The summed E-state index contributed by atoms with van der Waals surface area (Å²) < 4.78 is 1.54. The molecule has 2 rings (SSSR count). The number of carbonyl (C=O) groups is 1. The van der Waals surface area contributed by atoms with Crippen LogP contribution in [0.2, 0.25) is 0 Å². The summed E-state index contributed by atoms with van der Waals surface area (Å²) in [6.07, 6.45) is 3.71. The third-order valence-electron chi connectivity index (χ3n) is 3.47. The summed E-state index contributed by atoms with van der Waals surface area (Å²) in [5.74, 6) is -0.579. The smallest absolute Gasteiger partial charge is 0.356 e. The van der Waals surface area contributed by atoms with E-state index in [0.717, 1.165) is 31.5 Å². The van der Waals surface area contributed by atoms with Crippen molar-refractivity contribution in [3.63, 3.8) is 0 Å². The molecule has 1 saturated heterocycles. The highest BCUT2D eigenvalue weighted by Gasteiger charge is 2.21. The van der Waals surface area contributed by atoms with Crippen molar-refractivity contribution in [2.45, 2.75) is 19.4 Å². The Morgan fingerprint density at radius 2 is 2.17 bits per heavy atom. The molecular formula is C12H19N3O3. The summed E-state index contributed by atoms with van der Waals surface area (Å²) >= 11 is 0. The molecule has 6 nitrogen and oxygen atoms in total. The molecule has 1 aromatic rings. The number of likely N-dealkylation sites (tertiary alicyclic amines) is 1. The second-order valence-electron chi connectivity index (χ2n) is 4.88. The average molecular weight is 253 g/mol. The molecule has 6 heteroatoms. The van der Waals surface area contributed by atoms with Gasteiger partial charge in [0.1, 0.15) is 0 Å². The van der Waals surface area contributed by atoms with Gasteiger partial charge in [0.25, 0.3) is 0 Å². The molecule has 1 fully saturated rings. The van der Waals surface area contributed by atoms with Crippen molar-refractivity contribution in [2.24, 2.45) is 13.0 Å². The van der Waals surface area contributed by atoms with Crippen LogP contribution in [-0.4, -0.2) is 50.6 Å². The number of aliphatic hydroxyl groups excluding tert-OH is 1. The number of piperidine rings is 1. The van der Waals surface area contributed by atoms with Crippen LogP contribution in [0.4, 0.5) is 0 Å². The SMILES string of the molecule is Cn1cc(CN2CCC(CO)CC2)c(C(=O)O)n1. The minimum absolute atomic E-state index is 0.141. The van der Waals surface area contributed by atoms with Crippen LogP contribution in [0.15, 0.2) is 6.20 Å². The highest BCUT2D eigenvalue weighted by Crippen LogP contribution is 2.19. The predicted molar refractivity (Wildman–Crippen MR) is 65.3 cm³/mol. The number of hydrogen-bond donors (Lipinski definition) is 2.